The Bertz CT molecular complexity index is 563. The van der Waals surface area contributed by atoms with E-state index in [9.17, 15) is 4.79 Å². The Morgan fingerprint density at radius 3 is 2.83 bits per heavy atom. The lowest BCUT2D eigenvalue weighted by Gasteiger charge is -2.09. The van der Waals surface area contributed by atoms with Crippen molar-refractivity contribution in [3.63, 3.8) is 0 Å². The van der Waals surface area contributed by atoms with Crippen LogP contribution in [0.3, 0.4) is 0 Å². The maximum absolute atomic E-state index is 12.2. The summed E-state index contributed by atoms with van der Waals surface area (Å²) in [4.78, 5) is 12.2. The number of carbonyl (C=O) groups excluding carboxylic acids is 1. The maximum Gasteiger partial charge on any atom is 0.142 e. The van der Waals surface area contributed by atoms with Crippen molar-refractivity contribution in [2.45, 2.75) is 12.8 Å². The maximum atomic E-state index is 12.2. The van der Waals surface area contributed by atoms with E-state index in [-0.39, 0.29) is 5.92 Å². The van der Waals surface area contributed by atoms with Gasteiger partial charge in [0.1, 0.15) is 5.78 Å². The van der Waals surface area contributed by atoms with Crippen molar-refractivity contribution in [2.24, 2.45) is 5.92 Å². The van der Waals surface area contributed by atoms with Crippen LogP contribution in [0.1, 0.15) is 12.0 Å². The van der Waals surface area contributed by atoms with E-state index >= 15 is 0 Å². The number of hydrogen-bond donors (Lipinski definition) is 0. The van der Waals surface area contributed by atoms with Gasteiger partial charge in [-0.1, -0.05) is 42.5 Å². The van der Waals surface area contributed by atoms with Gasteiger partial charge < -0.3 is 4.74 Å². The van der Waals surface area contributed by atoms with Crippen molar-refractivity contribution in [3.8, 4) is 0 Å². The first-order valence-electron chi connectivity index (χ1n) is 6.42. The molecule has 1 aliphatic heterocycles. The van der Waals surface area contributed by atoms with Gasteiger partial charge in [-0.05, 0) is 22.8 Å². The molecule has 2 aromatic rings. The van der Waals surface area contributed by atoms with Gasteiger partial charge in [-0.3, -0.25) is 4.79 Å². The standard InChI is InChI=1S/C16H16O2/c17-16(14-8-9-18-11-14)10-13-6-3-5-12-4-1-2-7-15(12)13/h1-7,14H,8-11H2. The highest BCUT2D eigenvalue weighted by molar-refractivity contribution is 5.91. The lowest BCUT2D eigenvalue weighted by molar-refractivity contribution is -0.122. The molecule has 0 N–H and O–H groups in total. The number of rotatable bonds is 3. The highest BCUT2D eigenvalue weighted by Gasteiger charge is 2.23. The van der Waals surface area contributed by atoms with Crippen molar-refractivity contribution in [1.29, 1.82) is 0 Å². The molecule has 1 aliphatic rings. The molecule has 0 saturated carbocycles. The summed E-state index contributed by atoms with van der Waals surface area (Å²) in [5.74, 6) is 0.410. The molecule has 0 radical (unpaired) electrons. The SMILES string of the molecule is O=C(Cc1cccc2ccccc12)C1CCOC1. The summed E-state index contributed by atoms with van der Waals surface area (Å²) < 4.78 is 5.28. The van der Waals surface area contributed by atoms with E-state index in [1.165, 1.54) is 10.8 Å². The molecule has 2 nitrogen and oxygen atoms in total. The third-order valence-electron chi connectivity index (χ3n) is 3.63. The molecule has 1 heterocycles. The van der Waals surface area contributed by atoms with E-state index in [0.29, 0.717) is 18.8 Å². The molecule has 0 spiro atoms. The second-order valence-corrected chi connectivity index (χ2v) is 4.84. The molecule has 0 aliphatic carbocycles. The first-order chi connectivity index (χ1) is 8.84. The fraction of sp³-hybridized carbons (Fsp3) is 0.312. The summed E-state index contributed by atoms with van der Waals surface area (Å²) in [6.07, 6.45) is 1.40. The van der Waals surface area contributed by atoms with Crippen LogP contribution in [0.2, 0.25) is 0 Å². The molecule has 2 heteroatoms. The minimum Gasteiger partial charge on any atom is -0.381 e. The number of hydrogen-bond acceptors (Lipinski definition) is 2. The average molecular weight is 240 g/mol. The number of ketones is 1. The van der Waals surface area contributed by atoms with Gasteiger partial charge in [-0.15, -0.1) is 0 Å². The number of carbonyl (C=O) groups is 1. The molecule has 0 aromatic heterocycles. The lowest BCUT2D eigenvalue weighted by Crippen LogP contribution is -2.16. The fourth-order valence-electron chi connectivity index (χ4n) is 2.57. The fourth-order valence-corrected chi connectivity index (χ4v) is 2.57. The van der Waals surface area contributed by atoms with Crippen molar-refractivity contribution in [1.82, 2.24) is 0 Å². The minimum atomic E-state index is 0.101. The van der Waals surface area contributed by atoms with Gasteiger partial charge >= 0.3 is 0 Å². The van der Waals surface area contributed by atoms with Crippen LogP contribution in [-0.4, -0.2) is 19.0 Å². The van der Waals surface area contributed by atoms with Crippen LogP contribution < -0.4 is 0 Å². The topological polar surface area (TPSA) is 26.3 Å². The van der Waals surface area contributed by atoms with E-state index in [4.69, 9.17) is 4.74 Å². The Kier molecular flexibility index (Phi) is 3.11. The van der Waals surface area contributed by atoms with E-state index in [0.717, 1.165) is 18.6 Å². The second kappa shape index (κ2) is 4.91. The van der Waals surface area contributed by atoms with E-state index < -0.39 is 0 Å². The highest BCUT2D eigenvalue weighted by atomic mass is 16.5. The summed E-state index contributed by atoms with van der Waals surface area (Å²) in [6, 6.07) is 14.4. The van der Waals surface area contributed by atoms with E-state index in [2.05, 4.69) is 24.3 Å². The first kappa shape index (κ1) is 11.4. The molecule has 1 unspecified atom stereocenters. The molecule has 2 aromatic carbocycles. The Hall–Kier alpha value is -1.67. The van der Waals surface area contributed by atoms with Gasteiger partial charge in [-0.2, -0.15) is 0 Å². The summed E-state index contributed by atoms with van der Waals surface area (Å²) in [5.41, 5.74) is 1.13. The Morgan fingerprint density at radius 2 is 2.00 bits per heavy atom. The molecule has 3 rings (SSSR count). The molecule has 1 saturated heterocycles. The predicted molar refractivity (Wildman–Crippen MR) is 71.6 cm³/mol. The number of Topliss-reactive ketones (excluding diaryl/α,β-unsaturated/α-hetero) is 1. The van der Waals surface area contributed by atoms with Gasteiger partial charge in [0.15, 0.2) is 0 Å². The van der Waals surface area contributed by atoms with Crippen LogP contribution in [0, 0.1) is 5.92 Å². The van der Waals surface area contributed by atoms with Gasteiger partial charge in [0.25, 0.3) is 0 Å². The largest absolute Gasteiger partial charge is 0.381 e. The molecule has 1 atom stereocenters. The van der Waals surface area contributed by atoms with Crippen LogP contribution in [0.25, 0.3) is 10.8 Å². The summed E-state index contributed by atoms with van der Waals surface area (Å²) in [5, 5.41) is 2.39. The molecule has 1 fully saturated rings. The molecular formula is C16H16O2. The third-order valence-corrected chi connectivity index (χ3v) is 3.63. The van der Waals surface area contributed by atoms with Crippen molar-refractivity contribution >= 4 is 16.6 Å². The van der Waals surface area contributed by atoms with E-state index in [1.807, 2.05) is 18.2 Å². The van der Waals surface area contributed by atoms with Gasteiger partial charge in [0, 0.05) is 18.9 Å². The Balaban J connectivity index is 1.88. The van der Waals surface area contributed by atoms with Crippen molar-refractivity contribution in [2.75, 3.05) is 13.2 Å². The smallest absolute Gasteiger partial charge is 0.142 e. The van der Waals surface area contributed by atoms with Crippen LogP contribution >= 0.6 is 0 Å². The minimum absolute atomic E-state index is 0.101. The quantitative estimate of drug-likeness (QED) is 0.824. The predicted octanol–water partition coefficient (Wildman–Crippen LogP) is 2.99. The molecular weight excluding hydrogens is 224 g/mol. The van der Waals surface area contributed by atoms with Crippen LogP contribution in [0.4, 0.5) is 0 Å². The third kappa shape index (κ3) is 2.16. The zero-order valence-electron chi connectivity index (χ0n) is 10.3. The second-order valence-electron chi connectivity index (χ2n) is 4.84. The van der Waals surface area contributed by atoms with Crippen LogP contribution in [0.15, 0.2) is 42.5 Å². The average Bonchev–Trinajstić information content (AvgIpc) is 2.93. The zero-order chi connectivity index (χ0) is 12.4. The number of fused-ring (bicyclic) bond motifs is 1. The van der Waals surface area contributed by atoms with Crippen LogP contribution in [-0.2, 0) is 16.0 Å². The van der Waals surface area contributed by atoms with Gasteiger partial charge in [-0.25, -0.2) is 0 Å². The number of ether oxygens (including phenoxy) is 1. The molecule has 92 valence electrons. The van der Waals surface area contributed by atoms with Gasteiger partial charge in [0.2, 0.25) is 0 Å². The Labute approximate surface area is 107 Å². The summed E-state index contributed by atoms with van der Waals surface area (Å²) in [6.45, 7) is 1.33. The lowest BCUT2D eigenvalue weighted by atomic mass is 9.94. The molecule has 18 heavy (non-hydrogen) atoms. The van der Waals surface area contributed by atoms with Gasteiger partial charge in [0.05, 0.1) is 6.61 Å². The molecule has 0 bridgehead atoms. The van der Waals surface area contributed by atoms with Crippen molar-refractivity contribution in [3.05, 3.63) is 48.0 Å². The van der Waals surface area contributed by atoms with Crippen molar-refractivity contribution < 1.29 is 9.53 Å². The summed E-state index contributed by atoms with van der Waals surface area (Å²) >= 11 is 0. The highest BCUT2D eigenvalue weighted by Crippen LogP contribution is 2.22. The molecule has 0 amide bonds. The normalized spacial score (nSPS) is 19.2. The summed E-state index contributed by atoms with van der Waals surface area (Å²) in [7, 11) is 0. The first-order valence-corrected chi connectivity index (χ1v) is 6.42. The number of benzene rings is 2. The monoisotopic (exact) mass is 240 g/mol. The Morgan fingerprint density at radius 1 is 1.17 bits per heavy atom. The van der Waals surface area contributed by atoms with E-state index in [1.54, 1.807) is 0 Å². The zero-order valence-corrected chi connectivity index (χ0v) is 10.3. The van der Waals surface area contributed by atoms with Crippen LogP contribution in [0.5, 0.6) is 0 Å².